The van der Waals surface area contributed by atoms with Crippen LogP contribution in [0.4, 0.5) is 0 Å². The van der Waals surface area contributed by atoms with Gasteiger partial charge in [-0.2, -0.15) is 0 Å². The molecule has 0 radical (unpaired) electrons. The smallest absolute Gasteiger partial charge is 0.220 e. The normalized spacial score (nSPS) is 13.3. The number of hydrogen-bond acceptors (Lipinski definition) is 4. The molecule has 0 aromatic rings. The second kappa shape index (κ2) is 49.0. The summed E-state index contributed by atoms with van der Waals surface area (Å²) in [5, 5.41) is 33.6. The maximum Gasteiger partial charge on any atom is 0.220 e. The highest BCUT2D eigenvalue weighted by atomic mass is 16.3. The number of carbonyl (C=O) groups excluding carboxylic acids is 1. The number of aliphatic hydroxyl groups is 3. The molecule has 0 bridgehead atoms. The van der Waals surface area contributed by atoms with Gasteiger partial charge < -0.3 is 20.6 Å². The summed E-state index contributed by atoms with van der Waals surface area (Å²) in [5.74, 6) is -0.138. The molecular weight excluding hydrogens is 715 g/mol. The number of aliphatic hydroxyl groups excluding tert-OH is 3. The van der Waals surface area contributed by atoms with Gasteiger partial charge in [0.1, 0.15) is 6.10 Å². The molecule has 5 nitrogen and oxygen atoms in total. The zero-order valence-electron chi connectivity index (χ0n) is 39.7. The molecule has 0 heterocycles. The van der Waals surface area contributed by atoms with Crippen molar-refractivity contribution in [1.82, 2.24) is 5.32 Å². The van der Waals surface area contributed by atoms with E-state index in [4.69, 9.17) is 0 Å². The molecule has 0 saturated carbocycles. The maximum absolute atomic E-state index is 12.5. The van der Waals surface area contributed by atoms with Gasteiger partial charge in [0, 0.05) is 6.42 Å². The highest BCUT2D eigenvalue weighted by molar-refractivity contribution is 5.76. The number of carbonyl (C=O) groups is 1. The molecule has 348 valence electrons. The first kappa shape index (κ1) is 57.3. The molecular formula is C53H107NO4. The van der Waals surface area contributed by atoms with Gasteiger partial charge >= 0.3 is 0 Å². The Bertz CT molecular complexity index is 777. The molecule has 5 heteroatoms. The Morgan fingerprint density at radius 1 is 0.362 bits per heavy atom. The third-order valence-electron chi connectivity index (χ3n) is 13.0. The second-order valence-electron chi connectivity index (χ2n) is 18.8. The average Bonchev–Trinajstić information content (AvgIpc) is 3.23. The average molecular weight is 822 g/mol. The number of unbranched alkanes of at least 4 members (excludes halogenated alkanes) is 42. The summed E-state index contributed by atoms with van der Waals surface area (Å²) in [5.41, 5.74) is 0. The molecule has 0 aliphatic rings. The number of hydrogen-bond donors (Lipinski definition) is 4. The van der Waals surface area contributed by atoms with Crippen LogP contribution in [-0.4, -0.2) is 46.1 Å². The van der Waals surface area contributed by atoms with Crippen LogP contribution in [0.3, 0.4) is 0 Å². The van der Waals surface area contributed by atoms with E-state index < -0.39 is 18.2 Å². The maximum atomic E-state index is 12.5. The van der Waals surface area contributed by atoms with E-state index in [1.54, 1.807) is 0 Å². The fourth-order valence-electron chi connectivity index (χ4n) is 8.81. The summed E-state index contributed by atoms with van der Waals surface area (Å²) in [6, 6.07) is -0.803. The van der Waals surface area contributed by atoms with Crippen molar-refractivity contribution >= 4 is 5.91 Å². The summed E-state index contributed by atoms with van der Waals surface area (Å²) >= 11 is 0. The van der Waals surface area contributed by atoms with Crippen LogP contribution in [-0.2, 0) is 4.79 Å². The molecule has 0 unspecified atom stereocenters. The van der Waals surface area contributed by atoms with E-state index in [9.17, 15) is 20.1 Å². The van der Waals surface area contributed by atoms with Crippen LogP contribution < -0.4 is 5.32 Å². The van der Waals surface area contributed by atoms with E-state index in [2.05, 4.69) is 19.2 Å². The van der Waals surface area contributed by atoms with Gasteiger partial charge in [0.2, 0.25) is 5.91 Å². The van der Waals surface area contributed by atoms with Crippen LogP contribution in [0, 0.1) is 0 Å². The SMILES string of the molecule is CCCCCCCCCCCCCCCCCCCCCCCCCCCCCCCCCCC(=O)N[C@@H](CO)[C@H](O)[C@H](O)CCCCCCCCCCCCCC. The van der Waals surface area contributed by atoms with E-state index in [1.165, 1.54) is 250 Å². The summed E-state index contributed by atoms with van der Waals surface area (Å²) < 4.78 is 0. The van der Waals surface area contributed by atoms with Crippen molar-refractivity contribution in [2.45, 2.75) is 327 Å². The Kier molecular flexibility index (Phi) is 48.5. The van der Waals surface area contributed by atoms with Gasteiger partial charge in [-0.1, -0.05) is 290 Å². The van der Waals surface area contributed by atoms with E-state index in [0.29, 0.717) is 12.8 Å². The summed E-state index contributed by atoms with van der Waals surface area (Å²) in [6.07, 6.45) is 58.4. The van der Waals surface area contributed by atoms with Gasteiger partial charge in [-0.25, -0.2) is 0 Å². The lowest BCUT2D eigenvalue weighted by atomic mass is 9.99. The molecule has 3 atom stereocenters. The molecule has 0 aromatic carbocycles. The summed E-state index contributed by atoms with van der Waals surface area (Å²) in [7, 11) is 0. The van der Waals surface area contributed by atoms with E-state index in [1.807, 2.05) is 0 Å². The fourth-order valence-corrected chi connectivity index (χ4v) is 8.81. The first-order valence-corrected chi connectivity index (χ1v) is 26.8. The standard InChI is InChI=1S/C53H107NO4/c1-3-5-7-9-11-13-15-17-18-19-20-21-22-23-24-25-26-27-28-29-30-31-32-33-34-35-36-38-40-42-44-46-48-52(57)54-50(49-55)53(58)51(56)47-45-43-41-39-37-16-14-12-10-8-6-4-2/h50-51,53,55-56,58H,3-49H2,1-2H3,(H,54,57)/t50-,51+,53-/m0/s1. The quantitative estimate of drug-likeness (QED) is 0.0460. The molecule has 0 aliphatic carbocycles. The van der Waals surface area contributed by atoms with Gasteiger partial charge in [0.05, 0.1) is 18.8 Å². The third kappa shape index (κ3) is 43.4. The van der Waals surface area contributed by atoms with Crippen molar-refractivity contribution in [3.63, 3.8) is 0 Å². The van der Waals surface area contributed by atoms with Crippen molar-refractivity contribution in [3.05, 3.63) is 0 Å². The predicted octanol–water partition coefficient (Wildman–Crippen LogP) is 16.2. The van der Waals surface area contributed by atoms with Crippen LogP contribution in [0.25, 0.3) is 0 Å². The molecule has 0 fully saturated rings. The molecule has 0 rings (SSSR count). The molecule has 58 heavy (non-hydrogen) atoms. The van der Waals surface area contributed by atoms with E-state index >= 15 is 0 Å². The molecule has 1 amide bonds. The van der Waals surface area contributed by atoms with Gasteiger partial charge in [-0.3, -0.25) is 4.79 Å². The van der Waals surface area contributed by atoms with Crippen LogP contribution in [0.15, 0.2) is 0 Å². The number of nitrogens with one attached hydrogen (secondary N) is 1. The van der Waals surface area contributed by atoms with Gasteiger partial charge in [0.15, 0.2) is 0 Å². The zero-order chi connectivity index (χ0) is 42.3. The van der Waals surface area contributed by atoms with Crippen molar-refractivity contribution in [3.8, 4) is 0 Å². The van der Waals surface area contributed by atoms with Crippen LogP contribution in [0.2, 0.25) is 0 Å². The van der Waals surface area contributed by atoms with Crippen LogP contribution >= 0.6 is 0 Å². The van der Waals surface area contributed by atoms with E-state index in [-0.39, 0.29) is 12.5 Å². The minimum atomic E-state index is -1.13. The van der Waals surface area contributed by atoms with Crippen molar-refractivity contribution in [2.75, 3.05) is 6.61 Å². The minimum absolute atomic E-state index is 0.138. The largest absolute Gasteiger partial charge is 0.394 e. The highest BCUT2D eigenvalue weighted by Gasteiger charge is 2.26. The van der Waals surface area contributed by atoms with Gasteiger partial charge in [-0.15, -0.1) is 0 Å². The van der Waals surface area contributed by atoms with Gasteiger partial charge in [0.25, 0.3) is 0 Å². The topological polar surface area (TPSA) is 89.8 Å². The van der Waals surface area contributed by atoms with Gasteiger partial charge in [-0.05, 0) is 12.8 Å². The fraction of sp³-hybridized carbons (Fsp3) is 0.981. The number of amides is 1. The third-order valence-corrected chi connectivity index (χ3v) is 13.0. The Morgan fingerprint density at radius 3 is 0.828 bits per heavy atom. The molecule has 4 N–H and O–H groups in total. The second-order valence-corrected chi connectivity index (χ2v) is 18.8. The monoisotopic (exact) mass is 822 g/mol. The minimum Gasteiger partial charge on any atom is -0.394 e. The lowest BCUT2D eigenvalue weighted by Crippen LogP contribution is -2.50. The Balaban J connectivity index is 3.42. The Hall–Kier alpha value is -0.650. The first-order valence-electron chi connectivity index (χ1n) is 26.8. The summed E-state index contributed by atoms with van der Waals surface area (Å²) in [4.78, 5) is 12.5. The molecule has 0 saturated heterocycles. The Morgan fingerprint density at radius 2 is 0.586 bits per heavy atom. The predicted molar refractivity (Wildman–Crippen MR) is 255 cm³/mol. The van der Waals surface area contributed by atoms with Crippen molar-refractivity contribution in [2.24, 2.45) is 0 Å². The molecule has 0 aromatic heterocycles. The lowest BCUT2D eigenvalue weighted by molar-refractivity contribution is -0.124. The first-order chi connectivity index (χ1) is 28.6. The lowest BCUT2D eigenvalue weighted by Gasteiger charge is -2.26. The van der Waals surface area contributed by atoms with E-state index in [0.717, 1.165) is 32.1 Å². The van der Waals surface area contributed by atoms with Crippen LogP contribution in [0.1, 0.15) is 309 Å². The Labute approximate surface area is 364 Å². The number of rotatable bonds is 50. The molecule has 0 aliphatic heterocycles. The van der Waals surface area contributed by atoms with Crippen molar-refractivity contribution < 1.29 is 20.1 Å². The van der Waals surface area contributed by atoms with Crippen LogP contribution in [0.5, 0.6) is 0 Å². The molecule has 0 spiro atoms. The van der Waals surface area contributed by atoms with Crippen molar-refractivity contribution in [1.29, 1.82) is 0 Å². The zero-order valence-corrected chi connectivity index (χ0v) is 39.7. The summed E-state index contributed by atoms with van der Waals surface area (Å²) in [6.45, 7) is 4.20. The highest BCUT2D eigenvalue weighted by Crippen LogP contribution is 2.18.